The third-order valence-electron chi connectivity index (χ3n) is 3.21. The van der Waals surface area contributed by atoms with Gasteiger partial charge in [0, 0.05) is 42.1 Å². The topological polar surface area (TPSA) is 39.8 Å². The molecule has 18 heavy (non-hydrogen) atoms. The van der Waals surface area contributed by atoms with Gasteiger partial charge >= 0.3 is 0 Å². The van der Waals surface area contributed by atoms with Crippen LogP contribution in [0.3, 0.4) is 0 Å². The van der Waals surface area contributed by atoms with E-state index in [1.165, 1.54) is 0 Å². The standard InChI is InChI=1S/C14H13N3O/c1-16-8-6-15-14(16)9-17-7-5-12-11(10-18)3-2-4-13(12)17/h2-8,10H,9H2,1H3. The van der Waals surface area contributed by atoms with E-state index < -0.39 is 0 Å². The molecule has 0 N–H and O–H groups in total. The Labute approximate surface area is 104 Å². The van der Waals surface area contributed by atoms with Crippen molar-refractivity contribution >= 4 is 17.2 Å². The lowest BCUT2D eigenvalue weighted by Crippen LogP contribution is -2.04. The Hall–Kier alpha value is -2.36. The number of aromatic nitrogens is 3. The first-order chi connectivity index (χ1) is 8.79. The van der Waals surface area contributed by atoms with E-state index in [0.717, 1.165) is 28.6 Å². The normalized spacial score (nSPS) is 10.9. The Kier molecular flexibility index (Phi) is 2.48. The molecule has 0 bridgehead atoms. The summed E-state index contributed by atoms with van der Waals surface area (Å²) in [5.41, 5.74) is 1.79. The summed E-state index contributed by atoms with van der Waals surface area (Å²) in [5.74, 6) is 0.990. The largest absolute Gasteiger partial charge is 0.340 e. The van der Waals surface area contributed by atoms with E-state index in [1.807, 2.05) is 48.3 Å². The number of fused-ring (bicyclic) bond motifs is 1. The third-order valence-corrected chi connectivity index (χ3v) is 3.21. The van der Waals surface area contributed by atoms with Crippen LogP contribution in [0.1, 0.15) is 16.2 Å². The van der Waals surface area contributed by atoms with Gasteiger partial charge in [-0.25, -0.2) is 4.98 Å². The van der Waals surface area contributed by atoms with Crippen LogP contribution in [0.25, 0.3) is 10.9 Å². The molecule has 4 heteroatoms. The number of carbonyl (C=O) groups excluding carboxylic acids is 1. The SMILES string of the molecule is Cn1ccnc1Cn1ccc2c(C=O)cccc21. The van der Waals surface area contributed by atoms with E-state index in [9.17, 15) is 4.79 Å². The third kappa shape index (κ3) is 1.62. The quantitative estimate of drug-likeness (QED) is 0.657. The molecule has 3 rings (SSSR count). The van der Waals surface area contributed by atoms with E-state index in [0.29, 0.717) is 6.54 Å². The highest BCUT2D eigenvalue weighted by Crippen LogP contribution is 2.19. The molecule has 0 aliphatic heterocycles. The van der Waals surface area contributed by atoms with Gasteiger partial charge in [0.1, 0.15) is 5.82 Å². The van der Waals surface area contributed by atoms with Crippen molar-refractivity contribution in [2.24, 2.45) is 7.05 Å². The summed E-state index contributed by atoms with van der Waals surface area (Å²) in [6, 6.07) is 7.73. The van der Waals surface area contributed by atoms with Gasteiger partial charge in [-0.3, -0.25) is 4.79 Å². The van der Waals surface area contributed by atoms with Crippen LogP contribution in [0.15, 0.2) is 42.9 Å². The van der Waals surface area contributed by atoms with Crippen molar-refractivity contribution in [3.05, 3.63) is 54.2 Å². The zero-order valence-corrected chi connectivity index (χ0v) is 10.1. The van der Waals surface area contributed by atoms with Gasteiger partial charge in [0.05, 0.1) is 6.54 Å². The first kappa shape index (κ1) is 10.8. The Morgan fingerprint density at radius 2 is 2.17 bits per heavy atom. The molecule has 0 aliphatic rings. The molecule has 0 fully saturated rings. The lowest BCUT2D eigenvalue weighted by molar-refractivity contribution is 0.112. The highest BCUT2D eigenvalue weighted by molar-refractivity contribution is 5.97. The average Bonchev–Trinajstić information content (AvgIpc) is 2.97. The predicted molar refractivity (Wildman–Crippen MR) is 69.6 cm³/mol. The summed E-state index contributed by atoms with van der Waals surface area (Å²) in [6.45, 7) is 0.704. The molecular formula is C14H13N3O. The van der Waals surface area contributed by atoms with Gasteiger partial charge in [-0.05, 0) is 12.1 Å². The Bertz CT molecular complexity index is 709. The van der Waals surface area contributed by atoms with Crippen LogP contribution >= 0.6 is 0 Å². The first-order valence-corrected chi connectivity index (χ1v) is 5.79. The molecule has 0 atom stereocenters. The van der Waals surface area contributed by atoms with Crippen LogP contribution < -0.4 is 0 Å². The Balaban J connectivity index is 2.08. The minimum atomic E-state index is 0.704. The van der Waals surface area contributed by atoms with Crippen molar-refractivity contribution in [2.45, 2.75) is 6.54 Å². The molecular weight excluding hydrogens is 226 g/mol. The summed E-state index contributed by atoms with van der Waals surface area (Å²) >= 11 is 0. The van der Waals surface area contributed by atoms with E-state index in [2.05, 4.69) is 9.55 Å². The molecule has 90 valence electrons. The predicted octanol–water partition coefficient (Wildman–Crippen LogP) is 2.24. The van der Waals surface area contributed by atoms with Gasteiger partial charge in [0.15, 0.2) is 6.29 Å². The number of imidazole rings is 1. The molecule has 2 aromatic heterocycles. The van der Waals surface area contributed by atoms with Crippen LogP contribution in [0, 0.1) is 0 Å². The van der Waals surface area contributed by atoms with E-state index in [4.69, 9.17) is 0 Å². The number of benzene rings is 1. The molecule has 0 amide bonds. The fraction of sp³-hybridized carbons (Fsp3) is 0.143. The van der Waals surface area contributed by atoms with Crippen molar-refractivity contribution in [2.75, 3.05) is 0 Å². The van der Waals surface area contributed by atoms with Gasteiger partial charge in [-0.1, -0.05) is 12.1 Å². The number of aryl methyl sites for hydroxylation is 1. The molecule has 0 unspecified atom stereocenters. The first-order valence-electron chi connectivity index (χ1n) is 5.79. The Morgan fingerprint density at radius 3 is 2.89 bits per heavy atom. The van der Waals surface area contributed by atoms with Gasteiger partial charge in [0.2, 0.25) is 0 Å². The molecule has 1 aromatic carbocycles. The van der Waals surface area contributed by atoms with Crippen LogP contribution in [0.5, 0.6) is 0 Å². The minimum Gasteiger partial charge on any atom is -0.340 e. The van der Waals surface area contributed by atoms with E-state index >= 15 is 0 Å². The van der Waals surface area contributed by atoms with Gasteiger partial charge in [0.25, 0.3) is 0 Å². The maximum atomic E-state index is 11.0. The van der Waals surface area contributed by atoms with Gasteiger partial charge in [-0.15, -0.1) is 0 Å². The average molecular weight is 239 g/mol. The lowest BCUT2D eigenvalue weighted by Gasteiger charge is -2.05. The molecule has 0 saturated heterocycles. The summed E-state index contributed by atoms with van der Waals surface area (Å²) in [7, 11) is 1.98. The van der Waals surface area contributed by atoms with Crippen molar-refractivity contribution in [1.82, 2.24) is 14.1 Å². The molecule has 2 heterocycles. The maximum absolute atomic E-state index is 11.0. The highest BCUT2D eigenvalue weighted by Gasteiger charge is 2.07. The maximum Gasteiger partial charge on any atom is 0.150 e. The summed E-state index contributed by atoms with van der Waals surface area (Å²) in [5, 5.41) is 0.988. The number of hydrogen-bond acceptors (Lipinski definition) is 2. The van der Waals surface area contributed by atoms with Crippen LogP contribution in [-0.2, 0) is 13.6 Å². The fourth-order valence-corrected chi connectivity index (χ4v) is 2.19. The lowest BCUT2D eigenvalue weighted by atomic mass is 10.1. The van der Waals surface area contributed by atoms with Crippen LogP contribution in [0.2, 0.25) is 0 Å². The van der Waals surface area contributed by atoms with Gasteiger partial charge < -0.3 is 9.13 Å². The monoisotopic (exact) mass is 239 g/mol. The molecule has 3 aromatic rings. The number of nitrogens with zero attached hydrogens (tertiary/aromatic N) is 3. The molecule has 0 spiro atoms. The van der Waals surface area contributed by atoms with Crippen LogP contribution in [-0.4, -0.2) is 20.4 Å². The fourth-order valence-electron chi connectivity index (χ4n) is 2.19. The van der Waals surface area contributed by atoms with Crippen molar-refractivity contribution in [1.29, 1.82) is 0 Å². The Morgan fingerprint density at radius 1 is 1.28 bits per heavy atom. The summed E-state index contributed by atoms with van der Waals surface area (Å²) in [4.78, 5) is 15.3. The summed E-state index contributed by atoms with van der Waals surface area (Å²) < 4.78 is 4.10. The number of hydrogen-bond donors (Lipinski definition) is 0. The zero-order valence-electron chi connectivity index (χ0n) is 10.1. The second-order valence-corrected chi connectivity index (χ2v) is 4.30. The summed E-state index contributed by atoms with van der Waals surface area (Å²) in [6.07, 6.45) is 6.61. The van der Waals surface area contributed by atoms with E-state index in [-0.39, 0.29) is 0 Å². The number of aldehydes is 1. The van der Waals surface area contributed by atoms with Gasteiger partial charge in [-0.2, -0.15) is 0 Å². The highest BCUT2D eigenvalue weighted by atomic mass is 16.1. The minimum absolute atomic E-state index is 0.704. The van der Waals surface area contributed by atoms with Crippen molar-refractivity contribution < 1.29 is 4.79 Å². The molecule has 0 aliphatic carbocycles. The van der Waals surface area contributed by atoms with Crippen molar-refractivity contribution in [3.63, 3.8) is 0 Å². The smallest absolute Gasteiger partial charge is 0.150 e. The number of carbonyl (C=O) groups is 1. The molecule has 4 nitrogen and oxygen atoms in total. The second kappa shape index (κ2) is 4.14. The second-order valence-electron chi connectivity index (χ2n) is 4.30. The van der Waals surface area contributed by atoms with Crippen LogP contribution in [0.4, 0.5) is 0 Å². The van der Waals surface area contributed by atoms with Crippen molar-refractivity contribution in [3.8, 4) is 0 Å². The molecule has 0 radical (unpaired) electrons. The number of rotatable bonds is 3. The van der Waals surface area contributed by atoms with E-state index in [1.54, 1.807) is 6.20 Å². The molecule has 0 saturated carbocycles. The zero-order chi connectivity index (χ0) is 12.5.